The zero-order valence-electron chi connectivity index (χ0n) is 16.9. The van der Waals surface area contributed by atoms with E-state index in [1.165, 1.54) is 11.8 Å². The fraction of sp³-hybridized carbons (Fsp3) is 0.182. The highest BCUT2D eigenvalue weighted by molar-refractivity contribution is 7.99. The van der Waals surface area contributed by atoms with Gasteiger partial charge in [0, 0.05) is 11.3 Å². The number of nitrogens with zero attached hydrogens (tertiary/aromatic N) is 4. The Kier molecular flexibility index (Phi) is 5.67. The van der Waals surface area contributed by atoms with E-state index in [-0.39, 0.29) is 11.7 Å². The number of amides is 1. The van der Waals surface area contributed by atoms with Crippen molar-refractivity contribution in [3.05, 3.63) is 65.7 Å². The van der Waals surface area contributed by atoms with Gasteiger partial charge >= 0.3 is 0 Å². The fourth-order valence-electron chi connectivity index (χ4n) is 3.05. The van der Waals surface area contributed by atoms with Crippen molar-refractivity contribution in [3.63, 3.8) is 0 Å². The van der Waals surface area contributed by atoms with E-state index in [1.54, 1.807) is 11.6 Å². The molecule has 0 saturated carbocycles. The van der Waals surface area contributed by atoms with Crippen molar-refractivity contribution in [2.75, 3.05) is 18.2 Å². The molecular formula is C22H21N5O2S. The van der Waals surface area contributed by atoms with Crippen LogP contribution in [-0.2, 0) is 4.79 Å². The van der Waals surface area contributed by atoms with Crippen LogP contribution in [0, 0.1) is 13.8 Å². The number of aryl methyl sites for hydroxylation is 2. The number of hydrogen-bond donors (Lipinski definition) is 1. The third-order valence-electron chi connectivity index (χ3n) is 4.61. The topological polar surface area (TPSA) is 81.4 Å². The number of carbonyl (C=O) groups excluding carboxylic acids is 1. The van der Waals surface area contributed by atoms with E-state index in [0.717, 1.165) is 33.8 Å². The van der Waals surface area contributed by atoms with Crippen LogP contribution in [0.3, 0.4) is 0 Å². The number of hydrogen-bond acceptors (Lipinski definition) is 6. The van der Waals surface area contributed by atoms with E-state index in [1.807, 2.05) is 68.4 Å². The summed E-state index contributed by atoms with van der Waals surface area (Å²) in [4.78, 5) is 12.4. The van der Waals surface area contributed by atoms with Gasteiger partial charge in [0.2, 0.25) is 11.1 Å². The second-order valence-corrected chi connectivity index (χ2v) is 7.80. The van der Waals surface area contributed by atoms with E-state index in [9.17, 15) is 4.79 Å². The molecule has 0 unspecified atom stereocenters. The first-order chi connectivity index (χ1) is 14.5. The number of carbonyl (C=O) groups is 1. The Morgan fingerprint density at radius 2 is 1.87 bits per heavy atom. The van der Waals surface area contributed by atoms with Crippen LogP contribution in [0.5, 0.6) is 5.75 Å². The van der Waals surface area contributed by atoms with Gasteiger partial charge in [-0.05, 0) is 61.9 Å². The van der Waals surface area contributed by atoms with Crippen molar-refractivity contribution >= 4 is 29.0 Å². The molecule has 152 valence electrons. The van der Waals surface area contributed by atoms with Crippen molar-refractivity contribution in [1.29, 1.82) is 0 Å². The van der Waals surface area contributed by atoms with Crippen molar-refractivity contribution in [3.8, 4) is 17.0 Å². The van der Waals surface area contributed by atoms with Crippen molar-refractivity contribution in [1.82, 2.24) is 19.8 Å². The second-order valence-electron chi connectivity index (χ2n) is 6.85. The Hall–Kier alpha value is -3.39. The second kappa shape index (κ2) is 8.54. The van der Waals surface area contributed by atoms with Gasteiger partial charge in [0.1, 0.15) is 5.75 Å². The molecule has 0 aliphatic heterocycles. The van der Waals surface area contributed by atoms with Gasteiger partial charge in [-0.2, -0.15) is 9.61 Å². The molecule has 0 bridgehead atoms. The maximum atomic E-state index is 12.4. The van der Waals surface area contributed by atoms with E-state index in [2.05, 4.69) is 20.6 Å². The number of methoxy groups -OCH3 is 1. The van der Waals surface area contributed by atoms with Gasteiger partial charge in [0.05, 0.1) is 18.6 Å². The van der Waals surface area contributed by atoms with Crippen LogP contribution < -0.4 is 10.1 Å². The monoisotopic (exact) mass is 419 g/mol. The molecule has 0 aliphatic rings. The summed E-state index contributed by atoms with van der Waals surface area (Å²) in [5.41, 5.74) is 5.38. The van der Waals surface area contributed by atoms with Crippen molar-refractivity contribution in [2.45, 2.75) is 19.0 Å². The van der Waals surface area contributed by atoms with Crippen LogP contribution in [-0.4, -0.2) is 38.6 Å². The first-order valence-electron chi connectivity index (χ1n) is 9.40. The summed E-state index contributed by atoms with van der Waals surface area (Å²) in [5.74, 6) is 0.896. The third kappa shape index (κ3) is 4.28. The molecule has 0 atom stereocenters. The summed E-state index contributed by atoms with van der Waals surface area (Å²) in [7, 11) is 1.64. The lowest BCUT2D eigenvalue weighted by atomic mass is 10.1. The molecule has 7 nitrogen and oxygen atoms in total. The predicted molar refractivity (Wildman–Crippen MR) is 118 cm³/mol. The Balaban J connectivity index is 1.49. The van der Waals surface area contributed by atoms with Gasteiger partial charge in [-0.3, -0.25) is 4.79 Å². The molecule has 0 spiro atoms. The highest BCUT2D eigenvalue weighted by Crippen LogP contribution is 2.23. The standard InChI is InChI=1S/C22H21N5O2S/c1-14-4-9-18(15(2)12-14)23-21(28)13-30-22-25-24-20-11-10-19(26-27(20)22)16-5-7-17(29-3)8-6-16/h4-12H,13H2,1-3H3,(H,23,28). The average Bonchev–Trinajstić information content (AvgIpc) is 3.16. The van der Waals surface area contributed by atoms with Crippen LogP contribution >= 0.6 is 11.8 Å². The van der Waals surface area contributed by atoms with Crippen molar-refractivity contribution < 1.29 is 9.53 Å². The minimum atomic E-state index is -0.102. The van der Waals surface area contributed by atoms with E-state index in [0.29, 0.717) is 10.8 Å². The van der Waals surface area contributed by atoms with Gasteiger partial charge < -0.3 is 10.1 Å². The first kappa shape index (κ1) is 19.9. The molecule has 2 heterocycles. The molecular weight excluding hydrogens is 398 g/mol. The zero-order chi connectivity index (χ0) is 21.1. The minimum absolute atomic E-state index is 0.102. The zero-order valence-corrected chi connectivity index (χ0v) is 17.7. The largest absolute Gasteiger partial charge is 0.497 e. The van der Waals surface area contributed by atoms with Crippen LogP contribution in [0.2, 0.25) is 0 Å². The quantitative estimate of drug-likeness (QED) is 0.473. The van der Waals surface area contributed by atoms with Crippen LogP contribution in [0.4, 0.5) is 5.69 Å². The predicted octanol–water partition coefficient (Wildman–Crippen LogP) is 4.15. The summed E-state index contributed by atoms with van der Waals surface area (Å²) >= 11 is 1.30. The number of nitrogens with one attached hydrogen (secondary N) is 1. The molecule has 1 N–H and O–H groups in total. The number of anilines is 1. The molecule has 4 rings (SSSR count). The first-order valence-corrected chi connectivity index (χ1v) is 10.4. The molecule has 0 saturated heterocycles. The van der Waals surface area contributed by atoms with Crippen LogP contribution in [0.15, 0.2) is 59.8 Å². The lowest BCUT2D eigenvalue weighted by Crippen LogP contribution is -2.15. The van der Waals surface area contributed by atoms with Gasteiger partial charge in [-0.15, -0.1) is 10.2 Å². The Morgan fingerprint density at radius 1 is 1.07 bits per heavy atom. The number of aromatic nitrogens is 4. The number of benzene rings is 2. The number of fused-ring (bicyclic) bond motifs is 1. The molecule has 30 heavy (non-hydrogen) atoms. The molecule has 4 aromatic rings. The SMILES string of the molecule is COc1ccc(-c2ccc3nnc(SCC(=O)Nc4ccc(C)cc4C)n3n2)cc1. The van der Waals surface area contributed by atoms with Crippen molar-refractivity contribution in [2.24, 2.45) is 0 Å². The molecule has 1 amide bonds. The number of rotatable bonds is 6. The number of thioether (sulfide) groups is 1. The summed E-state index contributed by atoms with van der Waals surface area (Å²) in [6, 6.07) is 17.4. The third-order valence-corrected chi connectivity index (χ3v) is 5.53. The highest BCUT2D eigenvalue weighted by atomic mass is 32.2. The Morgan fingerprint density at radius 3 is 2.60 bits per heavy atom. The lowest BCUT2D eigenvalue weighted by molar-refractivity contribution is -0.113. The lowest BCUT2D eigenvalue weighted by Gasteiger charge is -2.08. The molecule has 8 heteroatoms. The molecule has 0 fully saturated rings. The average molecular weight is 420 g/mol. The minimum Gasteiger partial charge on any atom is -0.497 e. The smallest absolute Gasteiger partial charge is 0.234 e. The highest BCUT2D eigenvalue weighted by Gasteiger charge is 2.12. The van der Waals surface area contributed by atoms with Gasteiger partial charge in [-0.1, -0.05) is 29.5 Å². The van der Waals surface area contributed by atoms with Gasteiger partial charge in [0.15, 0.2) is 5.65 Å². The summed E-state index contributed by atoms with van der Waals surface area (Å²) in [6.07, 6.45) is 0. The van der Waals surface area contributed by atoms with Crippen LogP contribution in [0.1, 0.15) is 11.1 Å². The normalized spacial score (nSPS) is 10.9. The summed E-state index contributed by atoms with van der Waals surface area (Å²) < 4.78 is 6.87. The van der Waals surface area contributed by atoms with Crippen LogP contribution in [0.25, 0.3) is 16.9 Å². The fourth-order valence-corrected chi connectivity index (χ4v) is 3.73. The maximum absolute atomic E-state index is 12.4. The molecule has 2 aromatic heterocycles. The van der Waals surface area contributed by atoms with E-state index >= 15 is 0 Å². The van der Waals surface area contributed by atoms with Gasteiger partial charge in [0.25, 0.3) is 0 Å². The summed E-state index contributed by atoms with van der Waals surface area (Å²) in [6.45, 7) is 4.00. The molecule has 0 radical (unpaired) electrons. The van der Waals surface area contributed by atoms with E-state index < -0.39 is 0 Å². The number of ether oxygens (including phenoxy) is 1. The Labute approximate surface area is 178 Å². The Bertz CT molecular complexity index is 1200. The molecule has 0 aliphatic carbocycles. The van der Waals surface area contributed by atoms with E-state index in [4.69, 9.17) is 4.74 Å². The summed E-state index contributed by atoms with van der Waals surface area (Å²) in [5, 5.41) is 16.5. The maximum Gasteiger partial charge on any atom is 0.234 e. The molecule has 2 aromatic carbocycles. The van der Waals surface area contributed by atoms with Gasteiger partial charge in [-0.25, -0.2) is 0 Å².